The van der Waals surface area contributed by atoms with Gasteiger partial charge in [0.2, 0.25) is 10.0 Å². The van der Waals surface area contributed by atoms with Gasteiger partial charge in [-0.2, -0.15) is 0 Å². The Bertz CT molecular complexity index is 637. The molecular formula is C15H22N2O4S. The highest BCUT2D eigenvalue weighted by Gasteiger charge is 2.30. The summed E-state index contributed by atoms with van der Waals surface area (Å²) < 4.78 is 32.1. The first-order valence-corrected chi connectivity index (χ1v) is 8.82. The van der Waals surface area contributed by atoms with E-state index in [1.807, 2.05) is 0 Å². The van der Waals surface area contributed by atoms with Gasteiger partial charge >= 0.3 is 5.97 Å². The number of esters is 1. The molecule has 0 unspecified atom stereocenters. The summed E-state index contributed by atoms with van der Waals surface area (Å²) in [6.45, 7) is 0.171. The highest BCUT2D eigenvalue weighted by atomic mass is 32.2. The molecule has 0 heterocycles. The molecule has 3 N–H and O–H groups in total. The normalized spacial score (nSPS) is 17.9. The highest BCUT2D eigenvalue weighted by molar-refractivity contribution is 7.89. The fourth-order valence-corrected chi connectivity index (χ4v) is 4.06. The summed E-state index contributed by atoms with van der Waals surface area (Å²) >= 11 is 0. The monoisotopic (exact) mass is 326 g/mol. The molecular weight excluding hydrogens is 304 g/mol. The quantitative estimate of drug-likeness (QED) is 0.797. The Balaban J connectivity index is 2.19. The van der Waals surface area contributed by atoms with Crippen molar-refractivity contribution in [2.45, 2.75) is 42.5 Å². The summed E-state index contributed by atoms with van der Waals surface area (Å²) in [5.74, 6) is -0.680. The van der Waals surface area contributed by atoms with Crippen LogP contribution in [0.25, 0.3) is 0 Å². The average Bonchev–Trinajstić information content (AvgIpc) is 2.53. The van der Waals surface area contributed by atoms with Crippen LogP contribution in [0.3, 0.4) is 0 Å². The molecule has 6 nitrogen and oxygen atoms in total. The van der Waals surface area contributed by atoms with E-state index in [0.29, 0.717) is 0 Å². The minimum Gasteiger partial charge on any atom is -0.465 e. The second kappa shape index (κ2) is 6.76. The third-order valence-electron chi connectivity index (χ3n) is 4.05. The van der Waals surface area contributed by atoms with Crippen molar-refractivity contribution < 1.29 is 17.9 Å². The van der Waals surface area contributed by atoms with Crippen LogP contribution in [0.4, 0.5) is 0 Å². The molecule has 0 radical (unpaired) electrons. The van der Waals surface area contributed by atoms with Crippen molar-refractivity contribution in [3.05, 3.63) is 29.8 Å². The van der Waals surface area contributed by atoms with E-state index in [0.717, 1.165) is 32.1 Å². The Hall–Kier alpha value is -1.44. The molecule has 0 amide bonds. The van der Waals surface area contributed by atoms with Crippen LogP contribution < -0.4 is 10.5 Å². The van der Waals surface area contributed by atoms with Gasteiger partial charge in [-0.05, 0) is 25.0 Å². The first-order valence-electron chi connectivity index (χ1n) is 7.34. The average molecular weight is 326 g/mol. The lowest BCUT2D eigenvalue weighted by Gasteiger charge is -2.33. The fourth-order valence-electron chi connectivity index (χ4n) is 2.73. The summed E-state index contributed by atoms with van der Waals surface area (Å²) in [6.07, 6.45) is 4.76. The second-order valence-electron chi connectivity index (χ2n) is 5.74. The number of nitrogens with one attached hydrogen (secondary N) is 1. The number of nitrogens with two attached hydrogens (primary N) is 1. The maximum absolute atomic E-state index is 12.5. The third-order valence-corrected chi connectivity index (χ3v) is 5.50. The molecule has 0 atom stereocenters. The van der Waals surface area contributed by atoms with Gasteiger partial charge in [-0.15, -0.1) is 0 Å². The predicted molar refractivity (Wildman–Crippen MR) is 83.0 cm³/mol. The van der Waals surface area contributed by atoms with Gasteiger partial charge in [0.1, 0.15) is 0 Å². The Morgan fingerprint density at radius 2 is 1.91 bits per heavy atom. The molecule has 0 spiro atoms. The van der Waals surface area contributed by atoms with Crippen molar-refractivity contribution in [1.82, 2.24) is 4.72 Å². The number of sulfonamides is 1. The summed E-state index contributed by atoms with van der Waals surface area (Å²) in [5.41, 5.74) is 5.76. The molecule has 1 aromatic rings. The lowest BCUT2D eigenvalue weighted by atomic mass is 9.83. The number of benzene rings is 1. The molecule has 22 heavy (non-hydrogen) atoms. The van der Waals surface area contributed by atoms with Crippen LogP contribution in [-0.4, -0.2) is 33.6 Å². The van der Waals surface area contributed by atoms with Gasteiger partial charge < -0.3 is 10.5 Å². The molecule has 1 fully saturated rings. The van der Waals surface area contributed by atoms with E-state index < -0.39 is 21.5 Å². The first-order chi connectivity index (χ1) is 10.4. The first kappa shape index (κ1) is 16.9. The summed E-state index contributed by atoms with van der Waals surface area (Å²) in [7, 11) is -2.60. The van der Waals surface area contributed by atoms with Gasteiger partial charge in [0.05, 0.1) is 17.6 Å². The minimum absolute atomic E-state index is 0.0206. The molecule has 1 aliphatic rings. The van der Waals surface area contributed by atoms with E-state index in [2.05, 4.69) is 9.46 Å². The summed E-state index contributed by atoms with van der Waals surface area (Å²) in [4.78, 5) is 11.6. The standard InChI is InChI=1S/C15H22N2O4S/c1-21-14(18)12-7-3-4-8-13(12)22(19,20)17-11-15(16)9-5-2-6-10-15/h3-4,7-8,17H,2,5-6,9-11,16H2,1H3. The summed E-state index contributed by atoms with van der Waals surface area (Å²) in [5, 5.41) is 0. The molecule has 1 aromatic carbocycles. The molecule has 7 heteroatoms. The largest absolute Gasteiger partial charge is 0.465 e. The molecule has 122 valence electrons. The number of hydrogen-bond acceptors (Lipinski definition) is 5. The second-order valence-corrected chi connectivity index (χ2v) is 7.47. The highest BCUT2D eigenvalue weighted by Crippen LogP contribution is 2.26. The molecule has 1 aliphatic carbocycles. The van der Waals surface area contributed by atoms with Crippen LogP contribution in [0, 0.1) is 0 Å². The Morgan fingerprint density at radius 1 is 1.27 bits per heavy atom. The minimum atomic E-state index is -3.81. The third kappa shape index (κ3) is 3.85. The van der Waals surface area contributed by atoms with Crippen LogP contribution in [0.5, 0.6) is 0 Å². The van der Waals surface area contributed by atoms with Crippen molar-refractivity contribution in [2.24, 2.45) is 5.73 Å². The van der Waals surface area contributed by atoms with Crippen molar-refractivity contribution in [2.75, 3.05) is 13.7 Å². The van der Waals surface area contributed by atoms with Gasteiger partial charge in [-0.1, -0.05) is 31.4 Å². The van der Waals surface area contributed by atoms with Crippen molar-refractivity contribution in [3.63, 3.8) is 0 Å². The molecule has 0 bridgehead atoms. The number of rotatable bonds is 5. The molecule has 0 saturated heterocycles. The maximum atomic E-state index is 12.5. The van der Waals surface area contributed by atoms with Crippen molar-refractivity contribution in [3.8, 4) is 0 Å². The van der Waals surface area contributed by atoms with E-state index in [1.165, 1.54) is 19.2 Å². The van der Waals surface area contributed by atoms with Gasteiger partial charge in [0.15, 0.2) is 0 Å². The van der Waals surface area contributed by atoms with Crippen LogP contribution in [0.1, 0.15) is 42.5 Å². The van der Waals surface area contributed by atoms with Crippen LogP contribution in [0.15, 0.2) is 29.2 Å². The van der Waals surface area contributed by atoms with Crippen molar-refractivity contribution in [1.29, 1.82) is 0 Å². The van der Waals surface area contributed by atoms with E-state index in [1.54, 1.807) is 12.1 Å². The summed E-state index contributed by atoms with van der Waals surface area (Å²) in [6, 6.07) is 5.98. The fraction of sp³-hybridized carbons (Fsp3) is 0.533. The smallest absolute Gasteiger partial charge is 0.339 e. The number of carbonyl (C=O) groups excluding carboxylic acids is 1. The molecule has 0 aliphatic heterocycles. The lowest BCUT2D eigenvalue weighted by molar-refractivity contribution is 0.0596. The van der Waals surface area contributed by atoms with Crippen LogP contribution >= 0.6 is 0 Å². The zero-order valence-corrected chi connectivity index (χ0v) is 13.5. The number of hydrogen-bond donors (Lipinski definition) is 2. The van der Waals surface area contributed by atoms with Gasteiger partial charge in [-0.3, -0.25) is 0 Å². The SMILES string of the molecule is COC(=O)c1ccccc1S(=O)(=O)NCC1(N)CCCCC1. The van der Waals surface area contributed by atoms with Gasteiger partial charge in [0, 0.05) is 12.1 Å². The predicted octanol–water partition coefficient (Wildman–Crippen LogP) is 1.41. The van der Waals surface area contributed by atoms with Gasteiger partial charge in [-0.25, -0.2) is 17.9 Å². The molecule has 1 saturated carbocycles. The van der Waals surface area contributed by atoms with Gasteiger partial charge in [0.25, 0.3) is 0 Å². The molecule has 2 rings (SSSR count). The topological polar surface area (TPSA) is 98.5 Å². The lowest BCUT2D eigenvalue weighted by Crippen LogP contribution is -2.51. The zero-order valence-electron chi connectivity index (χ0n) is 12.7. The van der Waals surface area contributed by atoms with Crippen molar-refractivity contribution >= 4 is 16.0 Å². The van der Waals surface area contributed by atoms with E-state index in [9.17, 15) is 13.2 Å². The maximum Gasteiger partial charge on any atom is 0.339 e. The Labute approximate surface area is 131 Å². The van der Waals surface area contributed by atoms with Crippen LogP contribution in [-0.2, 0) is 14.8 Å². The van der Waals surface area contributed by atoms with E-state index in [4.69, 9.17) is 5.73 Å². The number of methoxy groups -OCH3 is 1. The van der Waals surface area contributed by atoms with E-state index >= 15 is 0 Å². The zero-order chi connectivity index (χ0) is 16.2. The van der Waals surface area contributed by atoms with E-state index in [-0.39, 0.29) is 17.0 Å². The number of carbonyl (C=O) groups is 1. The Kier molecular flexibility index (Phi) is 5.20. The molecule has 0 aromatic heterocycles. The number of ether oxygens (including phenoxy) is 1. The Morgan fingerprint density at radius 3 is 2.55 bits per heavy atom. The van der Waals surface area contributed by atoms with Crippen LogP contribution in [0.2, 0.25) is 0 Å².